The van der Waals surface area contributed by atoms with Crippen LogP contribution in [0.2, 0.25) is 0 Å². The second-order valence-electron chi connectivity index (χ2n) is 6.40. The third-order valence-corrected chi connectivity index (χ3v) is 5.01. The van der Waals surface area contributed by atoms with Gasteiger partial charge < -0.3 is 9.84 Å². The number of anilines is 1. The quantitative estimate of drug-likeness (QED) is 0.667. The molecule has 4 rings (SSSR count). The van der Waals surface area contributed by atoms with E-state index in [0.717, 1.165) is 46.7 Å². The van der Waals surface area contributed by atoms with Crippen molar-refractivity contribution in [1.82, 2.24) is 19.9 Å². The lowest BCUT2D eigenvalue weighted by Crippen LogP contribution is -2.07. The molecule has 0 spiro atoms. The zero-order valence-electron chi connectivity index (χ0n) is 14.6. The zero-order valence-corrected chi connectivity index (χ0v) is 15.4. The maximum atomic E-state index is 11.4. The van der Waals surface area contributed by atoms with Gasteiger partial charge >= 0.3 is 0 Å². The van der Waals surface area contributed by atoms with E-state index in [-0.39, 0.29) is 5.91 Å². The van der Waals surface area contributed by atoms with Crippen LogP contribution in [0.25, 0.3) is 5.69 Å². The van der Waals surface area contributed by atoms with Gasteiger partial charge in [0, 0.05) is 30.3 Å². The van der Waals surface area contributed by atoms with Crippen LogP contribution >= 0.6 is 11.8 Å². The smallest absolute Gasteiger partial charge is 0.221 e. The maximum absolute atomic E-state index is 11.4. The molecule has 0 radical (unpaired) electrons. The summed E-state index contributed by atoms with van der Waals surface area (Å²) in [4.78, 5) is 11.4. The third-order valence-electron chi connectivity index (χ3n) is 4.05. The molecule has 0 saturated heterocycles. The van der Waals surface area contributed by atoms with Crippen LogP contribution in [0, 0.1) is 6.92 Å². The van der Waals surface area contributed by atoms with Gasteiger partial charge in [0.05, 0.1) is 11.4 Å². The molecular formula is C18H19N5O2S. The second kappa shape index (κ2) is 6.95. The average molecular weight is 369 g/mol. The van der Waals surface area contributed by atoms with Gasteiger partial charge in [0.1, 0.15) is 11.6 Å². The molecule has 1 amide bonds. The molecule has 1 N–H and O–H groups in total. The summed E-state index contributed by atoms with van der Waals surface area (Å²) in [5.41, 5.74) is 2.58. The number of rotatable bonds is 6. The summed E-state index contributed by atoms with van der Waals surface area (Å²) in [6.07, 6.45) is 2.27. The van der Waals surface area contributed by atoms with Gasteiger partial charge in [-0.25, -0.2) is 0 Å². The van der Waals surface area contributed by atoms with Gasteiger partial charge in [-0.3, -0.25) is 9.36 Å². The number of nitrogens with zero attached hydrogens (tertiary/aromatic N) is 4. The van der Waals surface area contributed by atoms with Crippen LogP contribution in [0.1, 0.15) is 43.0 Å². The van der Waals surface area contributed by atoms with Gasteiger partial charge in [-0.2, -0.15) is 0 Å². The monoisotopic (exact) mass is 369 g/mol. The van der Waals surface area contributed by atoms with Crippen LogP contribution in [-0.4, -0.2) is 25.8 Å². The average Bonchev–Trinajstić information content (AvgIpc) is 3.23. The van der Waals surface area contributed by atoms with Crippen molar-refractivity contribution >= 4 is 23.4 Å². The van der Waals surface area contributed by atoms with Crippen molar-refractivity contribution in [3.63, 3.8) is 0 Å². The van der Waals surface area contributed by atoms with Crippen molar-refractivity contribution < 1.29 is 9.32 Å². The lowest BCUT2D eigenvalue weighted by molar-refractivity contribution is -0.114. The number of benzene rings is 1. The first-order valence-corrected chi connectivity index (χ1v) is 9.47. The van der Waals surface area contributed by atoms with Crippen LogP contribution in [0.5, 0.6) is 0 Å². The Kier molecular flexibility index (Phi) is 4.50. The number of carbonyl (C=O) groups is 1. The van der Waals surface area contributed by atoms with Crippen molar-refractivity contribution in [3.05, 3.63) is 47.6 Å². The molecule has 8 heteroatoms. The van der Waals surface area contributed by atoms with Crippen LogP contribution in [-0.2, 0) is 10.5 Å². The maximum Gasteiger partial charge on any atom is 0.221 e. The van der Waals surface area contributed by atoms with Crippen molar-refractivity contribution in [2.75, 3.05) is 5.32 Å². The molecule has 2 heterocycles. The van der Waals surface area contributed by atoms with Gasteiger partial charge in [0.25, 0.3) is 0 Å². The van der Waals surface area contributed by atoms with E-state index < -0.39 is 0 Å². The summed E-state index contributed by atoms with van der Waals surface area (Å²) < 4.78 is 7.21. The summed E-state index contributed by atoms with van der Waals surface area (Å²) in [6.45, 7) is 3.38. The van der Waals surface area contributed by atoms with Crippen molar-refractivity contribution in [3.8, 4) is 5.69 Å². The fraction of sp³-hybridized carbons (Fsp3) is 0.333. The SMILES string of the molecule is CC(=O)Nc1cccc(-n2c(SCc3cc(C)on3)nnc2C2CC2)c1. The molecule has 0 atom stereocenters. The number of hydrogen-bond acceptors (Lipinski definition) is 6. The number of aromatic nitrogens is 4. The molecule has 1 fully saturated rings. The molecule has 26 heavy (non-hydrogen) atoms. The second-order valence-corrected chi connectivity index (χ2v) is 7.34. The molecule has 1 aromatic carbocycles. The largest absolute Gasteiger partial charge is 0.361 e. The van der Waals surface area contributed by atoms with E-state index in [1.165, 1.54) is 6.92 Å². The van der Waals surface area contributed by atoms with E-state index >= 15 is 0 Å². The summed E-state index contributed by atoms with van der Waals surface area (Å²) in [5, 5.41) is 16.5. The molecule has 3 aromatic rings. The van der Waals surface area contributed by atoms with E-state index in [2.05, 4.69) is 25.2 Å². The Balaban J connectivity index is 1.65. The van der Waals surface area contributed by atoms with E-state index in [1.807, 2.05) is 37.3 Å². The lowest BCUT2D eigenvalue weighted by atomic mass is 10.2. The molecule has 134 valence electrons. The summed E-state index contributed by atoms with van der Waals surface area (Å²) in [7, 11) is 0. The number of amides is 1. The molecular weight excluding hydrogens is 350 g/mol. The molecule has 7 nitrogen and oxygen atoms in total. The first-order chi connectivity index (χ1) is 12.6. The fourth-order valence-electron chi connectivity index (χ4n) is 2.77. The summed E-state index contributed by atoms with van der Waals surface area (Å²) in [5.74, 6) is 2.79. The predicted molar refractivity (Wildman–Crippen MR) is 98.4 cm³/mol. The molecule has 2 aromatic heterocycles. The highest BCUT2D eigenvalue weighted by Gasteiger charge is 2.31. The molecule has 1 aliphatic rings. The molecule has 0 unspecified atom stereocenters. The Morgan fingerprint density at radius 2 is 2.19 bits per heavy atom. The number of thioether (sulfide) groups is 1. The summed E-state index contributed by atoms with van der Waals surface area (Å²) >= 11 is 1.57. The first kappa shape index (κ1) is 16.8. The predicted octanol–water partition coefficient (Wildman–Crippen LogP) is 3.69. The van der Waals surface area contributed by atoms with Crippen molar-refractivity contribution in [1.29, 1.82) is 0 Å². The van der Waals surface area contributed by atoms with Gasteiger partial charge in [0.2, 0.25) is 5.91 Å². The Morgan fingerprint density at radius 1 is 1.35 bits per heavy atom. The number of nitrogens with one attached hydrogen (secondary N) is 1. The summed E-state index contributed by atoms with van der Waals surface area (Å²) in [6, 6.07) is 9.67. The van der Waals surface area contributed by atoms with E-state index in [0.29, 0.717) is 11.7 Å². The van der Waals surface area contributed by atoms with Crippen molar-refractivity contribution in [2.45, 2.75) is 43.5 Å². The minimum Gasteiger partial charge on any atom is -0.361 e. The minimum absolute atomic E-state index is 0.0932. The van der Waals surface area contributed by atoms with Gasteiger partial charge in [0.15, 0.2) is 5.16 Å². The van der Waals surface area contributed by atoms with Crippen molar-refractivity contribution in [2.24, 2.45) is 0 Å². The normalized spacial score (nSPS) is 13.8. The highest BCUT2D eigenvalue weighted by Crippen LogP contribution is 2.41. The molecule has 0 aliphatic heterocycles. The fourth-order valence-corrected chi connectivity index (χ4v) is 3.61. The van der Waals surface area contributed by atoms with Crippen LogP contribution in [0.15, 0.2) is 40.0 Å². The number of carbonyl (C=O) groups excluding carboxylic acids is 1. The van der Waals surface area contributed by atoms with Crippen LogP contribution in [0.4, 0.5) is 5.69 Å². The molecule has 1 saturated carbocycles. The zero-order chi connectivity index (χ0) is 18.1. The standard InChI is InChI=1S/C18H19N5O2S/c1-11-8-15(22-25-11)10-26-18-21-20-17(13-6-7-13)23(18)16-5-3-4-14(9-16)19-12(2)24/h3-5,8-9,13H,6-7,10H2,1-2H3,(H,19,24). The Morgan fingerprint density at radius 3 is 2.88 bits per heavy atom. The highest BCUT2D eigenvalue weighted by atomic mass is 32.2. The van der Waals surface area contributed by atoms with Gasteiger partial charge in [-0.15, -0.1) is 10.2 Å². The molecule has 1 aliphatic carbocycles. The highest BCUT2D eigenvalue weighted by molar-refractivity contribution is 7.98. The Hall–Kier alpha value is -2.61. The van der Waals surface area contributed by atoms with Gasteiger partial charge in [-0.05, 0) is 38.0 Å². The van der Waals surface area contributed by atoms with Gasteiger partial charge in [-0.1, -0.05) is 23.0 Å². The topological polar surface area (TPSA) is 85.8 Å². The van der Waals surface area contributed by atoms with Crippen LogP contribution in [0.3, 0.4) is 0 Å². The lowest BCUT2D eigenvalue weighted by Gasteiger charge is -2.11. The molecule has 0 bridgehead atoms. The van der Waals surface area contributed by atoms with E-state index in [1.54, 1.807) is 11.8 Å². The Bertz CT molecular complexity index is 945. The Labute approximate surface area is 155 Å². The van der Waals surface area contributed by atoms with E-state index in [4.69, 9.17) is 4.52 Å². The number of aryl methyl sites for hydroxylation is 1. The van der Waals surface area contributed by atoms with Crippen LogP contribution < -0.4 is 5.32 Å². The van der Waals surface area contributed by atoms with E-state index in [9.17, 15) is 4.79 Å². The first-order valence-electron chi connectivity index (χ1n) is 8.48. The number of hydrogen-bond donors (Lipinski definition) is 1. The third kappa shape index (κ3) is 3.65. The minimum atomic E-state index is -0.0932.